The second-order valence-electron chi connectivity index (χ2n) is 6.42. The average Bonchev–Trinajstić information content (AvgIpc) is 2.74. The number of methoxy groups -OCH3 is 1. The summed E-state index contributed by atoms with van der Waals surface area (Å²) in [7, 11) is 1.30. The van der Waals surface area contributed by atoms with Crippen LogP contribution in [0.25, 0.3) is 0 Å². The van der Waals surface area contributed by atoms with Crippen LogP contribution < -0.4 is 10.6 Å². The lowest BCUT2D eigenvalue weighted by Crippen LogP contribution is -2.13. The van der Waals surface area contributed by atoms with Crippen molar-refractivity contribution in [1.82, 2.24) is 0 Å². The molecule has 0 saturated carbocycles. The second kappa shape index (κ2) is 8.84. The van der Waals surface area contributed by atoms with Crippen molar-refractivity contribution >= 4 is 29.2 Å². The average molecular weight is 388 g/mol. The van der Waals surface area contributed by atoms with Gasteiger partial charge in [-0.3, -0.25) is 9.59 Å². The molecule has 0 saturated heterocycles. The van der Waals surface area contributed by atoms with Gasteiger partial charge in [0.25, 0.3) is 11.8 Å². The van der Waals surface area contributed by atoms with Crippen molar-refractivity contribution in [2.24, 2.45) is 0 Å². The number of esters is 1. The smallest absolute Gasteiger partial charge is 0.337 e. The van der Waals surface area contributed by atoms with E-state index in [1.165, 1.54) is 19.2 Å². The molecule has 0 aliphatic rings. The summed E-state index contributed by atoms with van der Waals surface area (Å²) in [6.45, 7) is 1.93. The molecule has 6 nitrogen and oxygen atoms in total. The molecule has 0 aromatic heterocycles. The number of rotatable bonds is 5. The van der Waals surface area contributed by atoms with Crippen LogP contribution in [0.1, 0.15) is 36.6 Å². The fourth-order valence-electron chi connectivity index (χ4n) is 2.71. The van der Waals surface area contributed by atoms with Gasteiger partial charge in [0.15, 0.2) is 0 Å². The molecule has 0 aliphatic carbocycles. The van der Waals surface area contributed by atoms with Crippen molar-refractivity contribution in [2.45, 2.75) is 6.92 Å². The first kappa shape index (κ1) is 19.8. The van der Waals surface area contributed by atoms with Crippen LogP contribution in [0.4, 0.5) is 11.4 Å². The lowest BCUT2D eigenvalue weighted by Gasteiger charge is -2.09. The van der Waals surface area contributed by atoms with Crippen LogP contribution in [0.5, 0.6) is 0 Å². The Morgan fingerprint density at radius 3 is 1.72 bits per heavy atom. The molecule has 3 aromatic rings. The van der Waals surface area contributed by atoms with E-state index in [0.29, 0.717) is 28.1 Å². The molecule has 0 fully saturated rings. The summed E-state index contributed by atoms with van der Waals surface area (Å²) in [6.07, 6.45) is 0. The molecule has 29 heavy (non-hydrogen) atoms. The highest BCUT2D eigenvalue weighted by Crippen LogP contribution is 2.16. The Morgan fingerprint density at radius 1 is 0.690 bits per heavy atom. The van der Waals surface area contributed by atoms with Crippen molar-refractivity contribution < 1.29 is 19.1 Å². The number of hydrogen-bond acceptors (Lipinski definition) is 4. The number of amides is 2. The van der Waals surface area contributed by atoms with Gasteiger partial charge in [0.2, 0.25) is 0 Å². The Bertz CT molecular complexity index is 1040. The van der Waals surface area contributed by atoms with Crippen molar-refractivity contribution in [3.63, 3.8) is 0 Å². The van der Waals surface area contributed by atoms with Crippen LogP contribution in [0, 0.1) is 6.92 Å². The fourth-order valence-corrected chi connectivity index (χ4v) is 2.71. The second-order valence-corrected chi connectivity index (χ2v) is 6.42. The molecule has 0 bridgehead atoms. The number of nitrogens with one attached hydrogen (secondary N) is 2. The summed E-state index contributed by atoms with van der Waals surface area (Å²) in [5, 5.41) is 5.60. The van der Waals surface area contributed by atoms with Crippen LogP contribution in [0.3, 0.4) is 0 Å². The van der Waals surface area contributed by atoms with Gasteiger partial charge in [0.05, 0.1) is 12.7 Å². The minimum Gasteiger partial charge on any atom is -0.465 e. The van der Waals surface area contributed by atoms with Gasteiger partial charge in [-0.2, -0.15) is 0 Å². The van der Waals surface area contributed by atoms with E-state index in [-0.39, 0.29) is 11.8 Å². The minimum atomic E-state index is -0.458. The van der Waals surface area contributed by atoms with Crippen LogP contribution in [-0.4, -0.2) is 24.9 Å². The molecule has 0 unspecified atom stereocenters. The van der Waals surface area contributed by atoms with Crippen LogP contribution >= 0.6 is 0 Å². The molecule has 6 heteroatoms. The van der Waals surface area contributed by atoms with Crippen LogP contribution in [0.15, 0.2) is 72.8 Å². The van der Waals surface area contributed by atoms with Crippen LogP contribution in [-0.2, 0) is 4.74 Å². The zero-order chi connectivity index (χ0) is 20.8. The largest absolute Gasteiger partial charge is 0.465 e. The summed E-state index contributed by atoms with van der Waals surface area (Å²) in [6, 6.07) is 20.3. The van der Waals surface area contributed by atoms with Gasteiger partial charge in [0, 0.05) is 22.5 Å². The molecule has 0 atom stereocenters. The highest BCUT2D eigenvalue weighted by Gasteiger charge is 2.10. The van der Waals surface area contributed by atoms with Gasteiger partial charge in [0.1, 0.15) is 0 Å². The summed E-state index contributed by atoms with van der Waals surface area (Å²) in [5.41, 5.74) is 3.58. The first-order valence-electron chi connectivity index (χ1n) is 8.94. The van der Waals surface area contributed by atoms with Gasteiger partial charge in [-0.1, -0.05) is 17.7 Å². The maximum Gasteiger partial charge on any atom is 0.337 e. The zero-order valence-electron chi connectivity index (χ0n) is 16.1. The number of carbonyl (C=O) groups is 3. The van der Waals surface area contributed by atoms with E-state index in [4.69, 9.17) is 0 Å². The maximum atomic E-state index is 12.3. The summed E-state index contributed by atoms with van der Waals surface area (Å²) in [5.74, 6) is -0.964. The van der Waals surface area contributed by atoms with Gasteiger partial charge >= 0.3 is 5.97 Å². The molecule has 146 valence electrons. The van der Waals surface area contributed by atoms with Crippen molar-refractivity contribution in [1.29, 1.82) is 0 Å². The topological polar surface area (TPSA) is 84.5 Å². The standard InChI is InChI=1S/C23H20N2O4/c1-15-4-3-5-18(14-15)22(27)25-20-12-10-19(11-13-20)24-21(26)16-6-8-17(9-7-16)23(28)29-2/h3-14H,1-2H3,(H,24,26)(H,25,27). The van der Waals surface area contributed by atoms with Crippen LogP contribution in [0.2, 0.25) is 0 Å². The number of carbonyl (C=O) groups excluding carboxylic acids is 3. The van der Waals surface area contributed by atoms with E-state index < -0.39 is 5.97 Å². The number of ether oxygens (including phenoxy) is 1. The number of aryl methyl sites for hydroxylation is 1. The normalized spacial score (nSPS) is 10.1. The third-order valence-corrected chi connectivity index (χ3v) is 4.25. The third-order valence-electron chi connectivity index (χ3n) is 4.25. The molecule has 3 aromatic carbocycles. The number of anilines is 2. The Labute approximate surface area is 168 Å². The number of benzene rings is 3. The Balaban J connectivity index is 1.62. The lowest BCUT2D eigenvalue weighted by molar-refractivity contribution is 0.0600. The minimum absolute atomic E-state index is 0.198. The molecule has 2 N–H and O–H groups in total. The first-order valence-corrected chi connectivity index (χ1v) is 8.94. The predicted octanol–water partition coefficient (Wildman–Crippen LogP) is 4.29. The zero-order valence-corrected chi connectivity index (χ0v) is 16.1. The summed E-state index contributed by atoms with van der Waals surface area (Å²) >= 11 is 0. The predicted molar refractivity (Wildman–Crippen MR) is 111 cm³/mol. The Morgan fingerprint density at radius 2 is 1.21 bits per heavy atom. The highest BCUT2D eigenvalue weighted by atomic mass is 16.5. The van der Waals surface area contributed by atoms with E-state index in [1.807, 2.05) is 25.1 Å². The summed E-state index contributed by atoms with van der Waals surface area (Å²) < 4.78 is 4.64. The van der Waals surface area contributed by atoms with Crippen molar-refractivity contribution in [3.05, 3.63) is 95.1 Å². The molecule has 3 rings (SSSR count). The van der Waals surface area contributed by atoms with E-state index in [9.17, 15) is 14.4 Å². The lowest BCUT2D eigenvalue weighted by atomic mass is 10.1. The van der Waals surface area contributed by atoms with E-state index in [2.05, 4.69) is 15.4 Å². The molecule has 2 amide bonds. The maximum absolute atomic E-state index is 12.3. The van der Waals surface area contributed by atoms with Gasteiger partial charge in [-0.25, -0.2) is 4.79 Å². The van der Waals surface area contributed by atoms with Crippen molar-refractivity contribution in [2.75, 3.05) is 17.7 Å². The van der Waals surface area contributed by atoms with Gasteiger partial charge < -0.3 is 15.4 Å². The summed E-state index contributed by atoms with van der Waals surface area (Å²) in [4.78, 5) is 36.1. The molecular weight excluding hydrogens is 368 g/mol. The molecule has 0 radical (unpaired) electrons. The van der Waals surface area contributed by atoms with E-state index in [0.717, 1.165) is 5.56 Å². The Hall–Kier alpha value is -3.93. The fraction of sp³-hybridized carbons (Fsp3) is 0.0870. The monoisotopic (exact) mass is 388 g/mol. The molecule has 0 aliphatic heterocycles. The molecular formula is C23H20N2O4. The third kappa shape index (κ3) is 5.07. The first-order chi connectivity index (χ1) is 14.0. The number of hydrogen-bond donors (Lipinski definition) is 2. The quantitative estimate of drug-likeness (QED) is 0.639. The van der Waals surface area contributed by atoms with E-state index >= 15 is 0 Å². The molecule has 0 heterocycles. The molecule has 0 spiro atoms. The van der Waals surface area contributed by atoms with E-state index in [1.54, 1.807) is 42.5 Å². The van der Waals surface area contributed by atoms with Crippen molar-refractivity contribution in [3.8, 4) is 0 Å². The van der Waals surface area contributed by atoms with Gasteiger partial charge in [-0.05, 0) is 67.6 Å². The van der Waals surface area contributed by atoms with Gasteiger partial charge in [-0.15, -0.1) is 0 Å². The Kier molecular flexibility index (Phi) is 6.04. The highest BCUT2D eigenvalue weighted by molar-refractivity contribution is 6.06. The SMILES string of the molecule is COC(=O)c1ccc(C(=O)Nc2ccc(NC(=O)c3cccc(C)c3)cc2)cc1.